The van der Waals surface area contributed by atoms with Gasteiger partial charge in [-0.2, -0.15) is 4.31 Å². The highest BCUT2D eigenvalue weighted by Gasteiger charge is 2.30. The van der Waals surface area contributed by atoms with Crippen LogP contribution >= 0.6 is 0 Å². The Kier molecular flexibility index (Phi) is 7.26. The van der Waals surface area contributed by atoms with Gasteiger partial charge in [0.15, 0.2) is 0 Å². The average Bonchev–Trinajstić information content (AvgIpc) is 3.48. The summed E-state index contributed by atoms with van der Waals surface area (Å²) in [5.74, 6) is 0. The van der Waals surface area contributed by atoms with Gasteiger partial charge >= 0.3 is 0 Å². The summed E-state index contributed by atoms with van der Waals surface area (Å²) in [5.41, 5.74) is 0.633. The molecule has 0 bridgehead atoms. The molecule has 1 aromatic heterocycles. The van der Waals surface area contributed by atoms with Crippen molar-refractivity contribution in [2.24, 2.45) is 0 Å². The highest BCUT2D eigenvalue weighted by Crippen LogP contribution is 2.24. The monoisotopic (exact) mass is 479 g/mol. The molecule has 1 atom stereocenters. The number of sulfonamides is 2. The number of pyridine rings is 1. The van der Waals surface area contributed by atoms with Crippen molar-refractivity contribution in [3.05, 3.63) is 54.4 Å². The molecule has 4 rings (SSSR count). The summed E-state index contributed by atoms with van der Waals surface area (Å²) in [6, 6.07) is 10.8. The van der Waals surface area contributed by atoms with E-state index in [1.807, 2.05) is 6.07 Å². The second-order valence-corrected chi connectivity index (χ2v) is 12.0. The number of hydrogen-bond acceptors (Lipinski definition) is 6. The third-order valence-electron chi connectivity index (χ3n) is 5.94. The maximum absolute atomic E-state index is 13.4. The minimum atomic E-state index is -3.87. The fourth-order valence-corrected chi connectivity index (χ4v) is 6.95. The van der Waals surface area contributed by atoms with E-state index in [0.717, 1.165) is 38.5 Å². The van der Waals surface area contributed by atoms with Crippen LogP contribution in [-0.4, -0.2) is 51.4 Å². The Labute approximate surface area is 190 Å². The van der Waals surface area contributed by atoms with Gasteiger partial charge in [0.2, 0.25) is 20.0 Å². The van der Waals surface area contributed by atoms with Crippen molar-refractivity contribution in [2.45, 2.75) is 67.0 Å². The Hall–Kier alpha value is -1.85. The van der Waals surface area contributed by atoms with Gasteiger partial charge in [0.1, 0.15) is 0 Å². The molecular formula is C22H29N3O5S2. The van der Waals surface area contributed by atoms with Gasteiger partial charge in [0.05, 0.1) is 28.1 Å². The number of hydrogen-bond donors (Lipinski definition) is 1. The summed E-state index contributed by atoms with van der Waals surface area (Å²) in [4.78, 5) is 4.38. The van der Waals surface area contributed by atoms with Gasteiger partial charge in [0.25, 0.3) is 0 Å². The summed E-state index contributed by atoms with van der Waals surface area (Å²) >= 11 is 0. The summed E-state index contributed by atoms with van der Waals surface area (Å²) in [7, 11) is -7.56. The van der Waals surface area contributed by atoms with Crippen LogP contribution in [0.3, 0.4) is 0 Å². The first-order valence-corrected chi connectivity index (χ1v) is 13.9. The molecule has 2 aliphatic rings. The Balaban J connectivity index is 1.55. The highest BCUT2D eigenvalue weighted by molar-refractivity contribution is 7.89. The van der Waals surface area contributed by atoms with Crippen molar-refractivity contribution in [1.82, 2.24) is 14.0 Å². The molecule has 0 unspecified atom stereocenters. The lowest BCUT2D eigenvalue weighted by molar-refractivity contribution is 0.0924. The van der Waals surface area contributed by atoms with Crippen LogP contribution in [0.5, 0.6) is 0 Å². The van der Waals surface area contributed by atoms with Crippen LogP contribution < -0.4 is 4.72 Å². The predicted octanol–water partition coefficient (Wildman–Crippen LogP) is 2.67. The van der Waals surface area contributed by atoms with Crippen molar-refractivity contribution in [3.63, 3.8) is 0 Å². The number of benzene rings is 1. The second kappa shape index (κ2) is 9.96. The molecule has 1 aromatic carbocycles. The normalized spacial score (nSPS) is 20.2. The van der Waals surface area contributed by atoms with Gasteiger partial charge in [0, 0.05) is 25.4 Å². The molecule has 1 aliphatic heterocycles. The number of nitrogens with one attached hydrogen (secondary N) is 1. The minimum Gasteiger partial charge on any atom is -0.377 e. The van der Waals surface area contributed by atoms with Gasteiger partial charge in [-0.05, 0) is 62.1 Å². The molecule has 1 N–H and O–H groups in total. The van der Waals surface area contributed by atoms with Crippen molar-refractivity contribution >= 4 is 20.0 Å². The molecule has 174 valence electrons. The molecule has 0 amide bonds. The molecule has 1 aliphatic carbocycles. The van der Waals surface area contributed by atoms with Crippen molar-refractivity contribution in [1.29, 1.82) is 0 Å². The Bertz CT molecular complexity index is 1090. The first-order valence-electron chi connectivity index (χ1n) is 11.0. The van der Waals surface area contributed by atoms with E-state index >= 15 is 0 Å². The number of nitrogens with zero attached hydrogens (tertiary/aromatic N) is 2. The van der Waals surface area contributed by atoms with Crippen LogP contribution in [0.1, 0.15) is 44.2 Å². The molecule has 1 saturated carbocycles. The number of aromatic nitrogens is 1. The van der Waals surface area contributed by atoms with Crippen molar-refractivity contribution in [2.75, 3.05) is 13.2 Å². The Morgan fingerprint density at radius 1 is 0.938 bits per heavy atom. The summed E-state index contributed by atoms with van der Waals surface area (Å²) in [6.07, 6.45) is 6.87. The molecule has 32 heavy (non-hydrogen) atoms. The second-order valence-electron chi connectivity index (χ2n) is 8.33. The molecule has 2 fully saturated rings. The lowest BCUT2D eigenvalue weighted by Gasteiger charge is -2.24. The van der Waals surface area contributed by atoms with E-state index in [-0.39, 0.29) is 35.0 Å². The lowest BCUT2D eigenvalue weighted by atomic mass is 10.2. The summed E-state index contributed by atoms with van der Waals surface area (Å²) in [6.45, 7) is 0.969. The standard InChI is InChI=1S/C22H29N3O5S2/c26-31(27,24-18-6-1-2-7-18)21-10-12-22(13-11-21)32(28,29)25(17-20-9-5-15-30-20)16-19-8-3-4-14-23-19/h3-4,8,10-14,18,20,24H,1-2,5-7,9,15-17H2/t20-/m0/s1. The summed E-state index contributed by atoms with van der Waals surface area (Å²) < 4.78 is 62.0. The van der Waals surface area contributed by atoms with E-state index in [1.165, 1.54) is 28.6 Å². The number of ether oxygens (including phenoxy) is 1. The van der Waals surface area contributed by atoms with Gasteiger partial charge in [-0.3, -0.25) is 4.98 Å². The zero-order valence-electron chi connectivity index (χ0n) is 17.9. The fourth-order valence-electron chi connectivity index (χ4n) is 4.21. The first-order chi connectivity index (χ1) is 15.3. The van der Waals surface area contributed by atoms with E-state index in [4.69, 9.17) is 4.74 Å². The number of rotatable bonds is 9. The van der Waals surface area contributed by atoms with Crippen LogP contribution in [-0.2, 0) is 31.3 Å². The highest BCUT2D eigenvalue weighted by atomic mass is 32.2. The zero-order chi connectivity index (χ0) is 22.6. The molecule has 2 heterocycles. The van der Waals surface area contributed by atoms with Gasteiger partial charge < -0.3 is 4.74 Å². The van der Waals surface area contributed by atoms with Crippen LogP contribution in [0.4, 0.5) is 0 Å². The summed E-state index contributed by atoms with van der Waals surface area (Å²) in [5, 5.41) is 0. The molecule has 2 aromatic rings. The van der Waals surface area contributed by atoms with Crippen molar-refractivity contribution < 1.29 is 21.6 Å². The first kappa shape index (κ1) is 23.3. The largest absolute Gasteiger partial charge is 0.377 e. The quantitative estimate of drug-likeness (QED) is 0.593. The molecule has 8 nitrogen and oxygen atoms in total. The molecule has 1 saturated heterocycles. The zero-order valence-corrected chi connectivity index (χ0v) is 19.5. The Morgan fingerprint density at radius 2 is 1.66 bits per heavy atom. The molecular weight excluding hydrogens is 450 g/mol. The predicted molar refractivity (Wildman–Crippen MR) is 120 cm³/mol. The van der Waals surface area contributed by atoms with E-state index in [9.17, 15) is 16.8 Å². The van der Waals surface area contributed by atoms with E-state index < -0.39 is 20.0 Å². The lowest BCUT2D eigenvalue weighted by Crippen LogP contribution is -2.37. The van der Waals surface area contributed by atoms with Gasteiger partial charge in [-0.15, -0.1) is 0 Å². The molecule has 0 radical (unpaired) electrons. The fraction of sp³-hybridized carbons (Fsp3) is 0.500. The Morgan fingerprint density at radius 3 is 2.28 bits per heavy atom. The molecule has 0 spiro atoms. The average molecular weight is 480 g/mol. The third-order valence-corrected chi connectivity index (χ3v) is 9.31. The van der Waals surface area contributed by atoms with Crippen LogP contribution in [0.15, 0.2) is 58.5 Å². The maximum Gasteiger partial charge on any atom is 0.243 e. The molecule has 10 heteroatoms. The van der Waals surface area contributed by atoms with E-state index in [2.05, 4.69) is 9.71 Å². The van der Waals surface area contributed by atoms with E-state index in [0.29, 0.717) is 12.3 Å². The smallest absolute Gasteiger partial charge is 0.243 e. The van der Waals surface area contributed by atoms with Crippen molar-refractivity contribution in [3.8, 4) is 0 Å². The maximum atomic E-state index is 13.4. The van der Waals surface area contributed by atoms with Gasteiger partial charge in [-0.25, -0.2) is 21.6 Å². The van der Waals surface area contributed by atoms with Crippen LogP contribution in [0.25, 0.3) is 0 Å². The SMILES string of the molecule is O=S(=O)(NC1CCCC1)c1ccc(S(=O)(=O)N(Cc2ccccn2)C[C@@H]2CCCO2)cc1. The van der Waals surface area contributed by atoms with E-state index in [1.54, 1.807) is 18.3 Å². The van der Waals surface area contributed by atoms with Gasteiger partial charge in [-0.1, -0.05) is 18.9 Å². The minimum absolute atomic E-state index is 0.0474. The van der Waals surface area contributed by atoms with Crippen LogP contribution in [0, 0.1) is 0 Å². The third kappa shape index (κ3) is 5.55. The topological polar surface area (TPSA) is 106 Å². The van der Waals surface area contributed by atoms with Crippen LogP contribution in [0.2, 0.25) is 0 Å².